The van der Waals surface area contributed by atoms with Gasteiger partial charge in [0.15, 0.2) is 28.1 Å². The van der Waals surface area contributed by atoms with E-state index in [1.807, 2.05) is 0 Å². The highest BCUT2D eigenvalue weighted by molar-refractivity contribution is 8.19. The number of aromatic hydroxyl groups is 1. The Morgan fingerprint density at radius 3 is 1.59 bits per heavy atom. The molecule has 4 aromatic carbocycles. The van der Waals surface area contributed by atoms with Crippen molar-refractivity contribution >= 4 is 125 Å². The number of ether oxygens (including phenoxy) is 1. The molecule has 0 radical (unpaired) electrons. The van der Waals surface area contributed by atoms with Crippen molar-refractivity contribution in [3.8, 4) is 11.5 Å². The fourth-order valence-electron chi connectivity index (χ4n) is 4.86. The average Bonchev–Trinajstić information content (AvgIpc) is 3.14. The number of rotatable bonds is 18. The number of fused-ring (bicyclic) bond motifs is 1. The first-order valence-corrected chi connectivity index (χ1v) is 26.3. The van der Waals surface area contributed by atoms with E-state index < -0.39 is 168 Å². The molecule has 0 saturated carbocycles. The van der Waals surface area contributed by atoms with Gasteiger partial charge in [-0.2, -0.15) is 29.5 Å². The number of azo groups is 2. The zero-order valence-corrected chi connectivity index (χ0v) is 37.3. The zero-order chi connectivity index (χ0) is 49.0. The molecule has 0 atom stereocenters. The summed E-state index contributed by atoms with van der Waals surface area (Å²) < 4.78 is 234. The number of phenolic OH excluding ortho intramolecular Hbond substituents is 1. The highest BCUT2D eigenvalue weighted by atomic mass is 32.3. The molecule has 38 heteroatoms. The molecule has 30 nitrogen and oxygen atoms in total. The third-order valence-electron chi connectivity index (χ3n) is 7.38. The topological polar surface area (TPSA) is 520 Å². The molecular weight excluding hydrogens is 1040 g/mol. The second-order valence-electron chi connectivity index (χ2n) is 11.7. The third kappa shape index (κ3) is 14.5. The second-order valence-corrected chi connectivity index (χ2v) is 21.8. The van der Waals surface area contributed by atoms with Crippen LogP contribution >= 0.6 is 32.9 Å². The van der Waals surface area contributed by atoms with Crippen LogP contribution in [0.1, 0.15) is 0 Å². The average molecular weight is 1070 g/mol. The minimum atomic E-state index is -5.42. The smallest absolute Gasteiger partial charge is 0.397 e. The van der Waals surface area contributed by atoms with Crippen LogP contribution < -0.4 is 10.5 Å². The molecule has 0 unspecified atom stereocenters. The van der Waals surface area contributed by atoms with Crippen molar-refractivity contribution in [2.45, 2.75) is 24.5 Å². The molecule has 0 fully saturated rings. The molecule has 358 valence electrons. The van der Waals surface area contributed by atoms with E-state index in [-0.39, 0.29) is 5.75 Å². The summed E-state index contributed by atoms with van der Waals surface area (Å²) >= 11 is -1.75. The molecule has 0 amide bonds. The second kappa shape index (κ2) is 20.3. The van der Waals surface area contributed by atoms with Crippen molar-refractivity contribution in [2.24, 2.45) is 20.5 Å². The molecule has 4 aromatic rings. The fraction of sp³-hybridized carbons (Fsp3) is 0.154. The Morgan fingerprint density at radius 1 is 0.562 bits per heavy atom. The summed E-state index contributed by atoms with van der Waals surface area (Å²) in [4.78, 5) is -5.35. The first-order chi connectivity index (χ1) is 29.1. The predicted octanol–water partition coefficient (Wildman–Crippen LogP) is 5.41. The van der Waals surface area contributed by atoms with Gasteiger partial charge in [0.2, 0.25) is 11.2 Å². The molecule has 0 aliphatic carbocycles. The van der Waals surface area contributed by atoms with Crippen LogP contribution in [0.2, 0.25) is 0 Å². The maximum atomic E-state index is 12.7. The van der Waals surface area contributed by atoms with Gasteiger partial charge in [-0.15, -0.1) is 20.5 Å². The van der Waals surface area contributed by atoms with Crippen LogP contribution in [0.5, 0.6) is 11.5 Å². The van der Waals surface area contributed by atoms with Crippen molar-refractivity contribution in [3.05, 3.63) is 48.5 Å². The van der Waals surface area contributed by atoms with Crippen molar-refractivity contribution in [1.29, 1.82) is 0 Å². The van der Waals surface area contributed by atoms with Gasteiger partial charge in [-0.25, -0.2) is 12.6 Å². The Morgan fingerprint density at radius 2 is 1.08 bits per heavy atom. The third-order valence-corrected chi connectivity index (χ3v) is 13.6. The number of nitrogens with two attached hydrogens (primary N) is 1. The lowest BCUT2D eigenvalue weighted by atomic mass is 10.1. The summed E-state index contributed by atoms with van der Waals surface area (Å²) in [5.41, 5.74) is 1.47. The monoisotopic (exact) mass is 1070 g/mol. The quantitative estimate of drug-likeness (QED) is 0.0256. The van der Waals surface area contributed by atoms with Crippen LogP contribution in [0.15, 0.2) is 93.5 Å². The Bertz CT molecular complexity index is 2930. The van der Waals surface area contributed by atoms with E-state index in [2.05, 4.69) is 41.4 Å². The number of benzene rings is 4. The lowest BCUT2D eigenvalue weighted by Gasteiger charge is -2.23. The lowest BCUT2D eigenvalue weighted by molar-refractivity contribution is 0.201. The van der Waals surface area contributed by atoms with E-state index in [4.69, 9.17) is 32.9 Å². The van der Waals surface area contributed by atoms with E-state index in [0.29, 0.717) is 30.3 Å². The van der Waals surface area contributed by atoms with Gasteiger partial charge in [-0.05, 0) is 47.9 Å². The summed E-state index contributed by atoms with van der Waals surface area (Å²) in [5.74, 6) is -2.67. The maximum Gasteiger partial charge on any atom is 0.397 e. The molecule has 0 heterocycles. The normalized spacial score (nSPS) is 14.1. The van der Waals surface area contributed by atoms with Crippen molar-refractivity contribution in [3.63, 3.8) is 0 Å². The number of phenols is 1. The highest BCUT2D eigenvalue weighted by Gasteiger charge is 2.31. The Balaban J connectivity index is 0.00000537. The number of anilines is 1. The number of nitrogen functional groups attached to an aromatic ring is 1. The molecule has 0 bridgehead atoms. The van der Waals surface area contributed by atoms with Gasteiger partial charge in [0.05, 0.1) is 38.1 Å². The van der Waals surface area contributed by atoms with Gasteiger partial charge in [0.1, 0.15) is 73.2 Å². The molecule has 64 heavy (non-hydrogen) atoms. The molecule has 0 saturated heterocycles. The lowest BCUT2D eigenvalue weighted by Crippen LogP contribution is -2.14. The largest absolute Gasteiger partial charge is 0.505 e. The SMILES string of the molecule is Nc1c(N=Nc2ccc(OCCOS(=O)(=O)O)cc2S(O)(O)O)c(S(=O)(=O)O)cc2cc(S(O)(O)O)c(N=Nc3ccc(S(=O)(=O)CCOS(O)(O)O)cc3S(=O)(=O)O)c(O)c12.O=S. The summed E-state index contributed by atoms with van der Waals surface area (Å²) in [6.07, 6.45) is 0. The van der Waals surface area contributed by atoms with Crippen molar-refractivity contribution < 1.29 is 111 Å². The Kier molecular flexibility index (Phi) is 17.2. The van der Waals surface area contributed by atoms with Crippen LogP contribution in [-0.2, 0) is 61.4 Å². The van der Waals surface area contributed by atoms with Crippen LogP contribution in [0.4, 0.5) is 28.4 Å². The molecule has 0 aliphatic heterocycles. The Labute approximate surface area is 370 Å². The highest BCUT2D eigenvalue weighted by Crippen LogP contribution is 2.57. The Hall–Kier alpha value is -3.95. The van der Waals surface area contributed by atoms with Crippen LogP contribution in [0.25, 0.3) is 10.8 Å². The van der Waals surface area contributed by atoms with E-state index in [1.54, 1.807) is 0 Å². The molecular formula is C26H31N5O25S8. The molecule has 15 N–H and O–H groups in total. The minimum Gasteiger partial charge on any atom is -0.505 e. The van der Waals surface area contributed by atoms with E-state index in [1.165, 1.54) is 0 Å². The standard InChI is InChI=1S/C26H31N5O24S7.OS/c27-23-22-13(9-20(59(41,42)43)24(23)30-28-16-3-1-14(11-18(16)57(35,36)37)53-5-6-54-61(47,48)49)10-21(60(44,45)46)25(26(22)32)31-29-17-4-2-15(12-19(17)58(38,39)40)56(33,34)8-7-55-62(50,51)52;1-2/h1-4,9-12,32,35-37,44-46,50-52H,5-8,27H2,(H,38,39,40)(H,41,42,43)(H,47,48,49);. The van der Waals surface area contributed by atoms with Crippen LogP contribution in [0.3, 0.4) is 0 Å². The number of sulfone groups is 1. The summed E-state index contributed by atoms with van der Waals surface area (Å²) in [5, 5.41) is 24.3. The number of hydrogen-bond donors (Lipinski definition) is 14. The van der Waals surface area contributed by atoms with Gasteiger partial charge < -0.3 is 42.9 Å². The van der Waals surface area contributed by atoms with E-state index in [0.717, 1.165) is 18.2 Å². The van der Waals surface area contributed by atoms with Gasteiger partial charge in [-0.3, -0.25) is 31.5 Å². The van der Waals surface area contributed by atoms with E-state index in [9.17, 15) is 75.2 Å². The minimum absolute atomic E-state index is 0.286. The van der Waals surface area contributed by atoms with E-state index >= 15 is 0 Å². The number of nitrogens with zero attached hydrogens (tertiary/aromatic N) is 4. The first-order valence-electron chi connectivity index (χ1n) is 15.6. The van der Waals surface area contributed by atoms with Crippen LogP contribution in [-0.4, -0.2) is 123 Å². The molecule has 0 spiro atoms. The summed E-state index contributed by atoms with van der Waals surface area (Å²) in [7, 11) is -30.0. The van der Waals surface area contributed by atoms with Gasteiger partial charge >= 0.3 is 10.4 Å². The van der Waals surface area contributed by atoms with Crippen molar-refractivity contribution in [2.75, 3.05) is 31.3 Å². The summed E-state index contributed by atoms with van der Waals surface area (Å²) in [6, 6.07) is 5.46. The maximum absolute atomic E-state index is 12.7. The zero-order valence-electron chi connectivity index (χ0n) is 30.8. The predicted molar refractivity (Wildman–Crippen MR) is 223 cm³/mol. The van der Waals surface area contributed by atoms with Gasteiger partial charge in [0, 0.05) is 6.07 Å². The molecule has 0 aliphatic rings. The molecule has 0 aromatic heterocycles. The molecule has 4 rings (SSSR count). The number of hydrogen-bond acceptors (Lipinski definition) is 28. The fourth-order valence-corrected chi connectivity index (χ4v) is 9.40. The van der Waals surface area contributed by atoms with Crippen molar-refractivity contribution in [1.82, 2.24) is 0 Å². The van der Waals surface area contributed by atoms with Crippen LogP contribution in [0, 0.1) is 0 Å². The van der Waals surface area contributed by atoms with Gasteiger partial charge in [0.25, 0.3) is 20.2 Å². The first kappa shape index (κ1) is 54.4. The van der Waals surface area contributed by atoms with Gasteiger partial charge in [-0.1, -0.05) is 0 Å². The summed E-state index contributed by atoms with van der Waals surface area (Å²) in [6.45, 7) is -2.30.